The van der Waals surface area contributed by atoms with Gasteiger partial charge in [-0.2, -0.15) is 0 Å². The van der Waals surface area contributed by atoms with Crippen molar-refractivity contribution in [1.29, 1.82) is 0 Å². The number of fused-ring (bicyclic) bond motifs is 1. The highest BCUT2D eigenvalue weighted by molar-refractivity contribution is 5.85. The van der Waals surface area contributed by atoms with Crippen molar-refractivity contribution in [2.75, 3.05) is 18.0 Å². The minimum absolute atomic E-state index is 0.0794. The topological polar surface area (TPSA) is 66.3 Å². The van der Waals surface area contributed by atoms with Gasteiger partial charge in [-0.3, -0.25) is 0 Å². The number of aromatic nitrogens is 2. The van der Waals surface area contributed by atoms with Crippen molar-refractivity contribution in [3.05, 3.63) is 18.0 Å². The molecular weight excluding hydrogens is 242 g/mol. The van der Waals surface area contributed by atoms with Gasteiger partial charge in [-0.25, -0.2) is 14.8 Å². The van der Waals surface area contributed by atoms with E-state index in [1.807, 2.05) is 0 Å². The fourth-order valence-corrected chi connectivity index (χ4v) is 3.40. The van der Waals surface area contributed by atoms with Gasteiger partial charge in [0, 0.05) is 19.3 Å². The molecule has 2 aliphatic rings. The Morgan fingerprint density at radius 3 is 2.84 bits per heavy atom. The first kappa shape index (κ1) is 12.4. The van der Waals surface area contributed by atoms with Crippen molar-refractivity contribution in [2.24, 2.45) is 11.8 Å². The van der Waals surface area contributed by atoms with E-state index < -0.39 is 5.97 Å². The predicted octanol–water partition coefficient (Wildman–Crippen LogP) is 2.19. The molecule has 1 saturated heterocycles. The third-order valence-corrected chi connectivity index (χ3v) is 4.44. The van der Waals surface area contributed by atoms with Gasteiger partial charge >= 0.3 is 5.97 Å². The highest BCUT2D eigenvalue weighted by atomic mass is 16.4. The van der Waals surface area contributed by atoms with Gasteiger partial charge in [0.1, 0.15) is 0 Å². The van der Waals surface area contributed by atoms with Crippen LogP contribution < -0.4 is 4.90 Å². The van der Waals surface area contributed by atoms with Crippen LogP contribution in [0.4, 0.5) is 5.95 Å². The first-order valence-electron chi connectivity index (χ1n) is 7.05. The maximum Gasteiger partial charge on any atom is 0.354 e. The maximum atomic E-state index is 11.0. The SMILES string of the molecule is O=C(O)c1ccnc(N2CCC3CCCCC3C2)n1. The van der Waals surface area contributed by atoms with E-state index in [1.54, 1.807) is 6.20 Å². The standard InChI is InChI=1S/C14H19N3O2/c18-13(19)12-5-7-15-14(16-12)17-8-6-10-3-1-2-4-11(10)9-17/h5,7,10-11H,1-4,6,8-9H2,(H,18,19). The van der Waals surface area contributed by atoms with Crippen molar-refractivity contribution in [2.45, 2.75) is 32.1 Å². The van der Waals surface area contributed by atoms with Crippen molar-refractivity contribution in [3.63, 3.8) is 0 Å². The fourth-order valence-electron chi connectivity index (χ4n) is 3.40. The van der Waals surface area contributed by atoms with Crippen LogP contribution >= 0.6 is 0 Å². The Balaban J connectivity index is 1.75. The lowest BCUT2D eigenvalue weighted by molar-refractivity contribution is 0.0690. The van der Waals surface area contributed by atoms with Crippen LogP contribution in [0.25, 0.3) is 0 Å². The van der Waals surface area contributed by atoms with E-state index in [1.165, 1.54) is 38.2 Å². The molecule has 5 nitrogen and oxygen atoms in total. The number of hydrogen-bond donors (Lipinski definition) is 1. The Morgan fingerprint density at radius 1 is 1.26 bits per heavy atom. The summed E-state index contributed by atoms with van der Waals surface area (Å²) in [6.07, 6.45) is 8.07. The van der Waals surface area contributed by atoms with Gasteiger partial charge in [0.2, 0.25) is 5.95 Å². The van der Waals surface area contributed by atoms with E-state index in [0.29, 0.717) is 5.95 Å². The average molecular weight is 261 g/mol. The number of piperidine rings is 1. The highest BCUT2D eigenvalue weighted by Gasteiger charge is 2.32. The number of hydrogen-bond acceptors (Lipinski definition) is 4. The van der Waals surface area contributed by atoms with Gasteiger partial charge < -0.3 is 10.0 Å². The first-order chi connectivity index (χ1) is 9.24. The molecular formula is C14H19N3O2. The van der Waals surface area contributed by atoms with E-state index in [4.69, 9.17) is 5.11 Å². The van der Waals surface area contributed by atoms with Crippen molar-refractivity contribution in [3.8, 4) is 0 Å². The molecule has 1 saturated carbocycles. The summed E-state index contributed by atoms with van der Waals surface area (Å²) in [6, 6.07) is 1.44. The summed E-state index contributed by atoms with van der Waals surface area (Å²) >= 11 is 0. The molecule has 0 radical (unpaired) electrons. The molecule has 1 aliphatic heterocycles. The van der Waals surface area contributed by atoms with Crippen LogP contribution in [0.15, 0.2) is 12.3 Å². The zero-order valence-electron chi connectivity index (χ0n) is 11.0. The average Bonchev–Trinajstić information content (AvgIpc) is 2.47. The molecule has 5 heteroatoms. The van der Waals surface area contributed by atoms with Gasteiger partial charge in [-0.05, 0) is 30.7 Å². The molecule has 3 rings (SSSR count). The smallest absolute Gasteiger partial charge is 0.354 e. The summed E-state index contributed by atoms with van der Waals surface area (Å²) in [5.41, 5.74) is 0.0794. The number of aromatic carboxylic acids is 1. The number of carbonyl (C=O) groups is 1. The van der Waals surface area contributed by atoms with Crippen LogP contribution in [0, 0.1) is 11.8 Å². The van der Waals surface area contributed by atoms with Gasteiger partial charge in [0.05, 0.1) is 0 Å². The van der Waals surface area contributed by atoms with Crippen molar-refractivity contribution >= 4 is 11.9 Å². The number of anilines is 1. The van der Waals surface area contributed by atoms with Gasteiger partial charge in [0.15, 0.2) is 5.69 Å². The van der Waals surface area contributed by atoms with Gasteiger partial charge in [-0.15, -0.1) is 0 Å². The lowest BCUT2D eigenvalue weighted by atomic mass is 9.75. The van der Waals surface area contributed by atoms with Crippen LogP contribution in [-0.4, -0.2) is 34.1 Å². The Labute approximate surface area is 112 Å². The molecule has 1 aromatic rings. The second-order valence-corrected chi connectivity index (χ2v) is 5.59. The van der Waals surface area contributed by atoms with Crippen LogP contribution in [0.5, 0.6) is 0 Å². The summed E-state index contributed by atoms with van der Waals surface area (Å²) in [6.45, 7) is 1.93. The summed E-state index contributed by atoms with van der Waals surface area (Å²) in [5, 5.41) is 8.99. The predicted molar refractivity (Wildman–Crippen MR) is 71.3 cm³/mol. The molecule has 1 aliphatic carbocycles. The Hall–Kier alpha value is -1.65. The monoisotopic (exact) mass is 261 g/mol. The third-order valence-electron chi connectivity index (χ3n) is 4.44. The van der Waals surface area contributed by atoms with Crippen LogP contribution in [0.3, 0.4) is 0 Å². The Morgan fingerprint density at radius 2 is 2.05 bits per heavy atom. The molecule has 0 amide bonds. The normalized spacial score (nSPS) is 26.8. The fraction of sp³-hybridized carbons (Fsp3) is 0.643. The molecule has 2 fully saturated rings. The molecule has 2 atom stereocenters. The summed E-state index contributed by atoms with van der Waals surface area (Å²) < 4.78 is 0. The highest BCUT2D eigenvalue weighted by Crippen LogP contribution is 2.36. The molecule has 19 heavy (non-hydrogen) atoms. The first-order valence-corrected chi connectivity index (χ1v) is 7.05. The number of nitrogens with zero attached hydrogens (tertiary/aromatic N) is 3. The zero-order chi connectivity index (χ0) is 13.2. The summed E-state index contributed by atoms with van der Waals surface area (Å²) in [4.78, 5) is 21.5. The minimum atomic E-state index is -0.990. The Bertz CT molecular complexity index is 478. The van der Waals surface area contributed by atoms with Crippen molar-refractivity contribution < 1.29 is 9.90 Å². The molecule has 0 spiro atoms. The molecule has 0 aromatic carbocycles. The van der Waals surface area contributed by atoms with Gasteiger partial charge in [-0.1, -0.05) is 19.3 Å². The van der Waals surface area contributed by atoms with E-state index in [0.717, 1.165) is 24.9 Å². The van der Waals surface area contributed by atoms with Crippen LogP contribution in [0.2, 0.25) is 0 Å². The molecule has 2 unspecified atom stereocenters. The molecule has 1 N–H and O–H groups in total. The molecule has 2 heterocycles. The van der Waals surface area contributed by atoms with E-state index in [9.17, 15) is 4.79 Å². The minimum Gasteiger partial charge on any atom is -0.477 e. The molecule has 102 valence electrons. The van der Waals surface area contributed by atoms with Crippen LogP contribution in [0.1, 0.15) is 42.6 Å². The van der Waals surface area contributed by atoms with E-state index in [2.05, 4.69) is 14.9 Å². The zero-order valence-corrected chi connectivity index (χ0v) is 11.0. The molecule has 0 bridgehead atoms. The lowest BCUT2D eigenvalue weighted by Gasteiger charge is -2.41. The van der Waals surface area contributed by atoms with E-state index in [-0.39, 0.29) is 5.69 Å². The summed E-state index contributed by atoms with van der Waals surface area (Å²) in [5.74, 6) is 1.17. The van der Waals surface area contributed by atoms with Crippen LogP contribution in [-0.2, 0) is 0 Å². The summed E-state index contributed by atoms with van der Waals surface area (Å²) in [7, 11) is 0. The maximum absolute atomic E-state index is 11.0. The second-order valence-electron chi connectivity index (χ2n) is 5.59. The number of rotatable bonds is 2. The number of carboxylic acid groups (broad SMARTS) is 1. The van der Waals surface area contributed by atoms with E-state index >= 15 is 0 Å². The van der Waals surface area contributed by atoms with Crippen molar-refractivity contribution in [1.82, 2.24) is 9.97 Å². The molecule has 1 aromatic heterocycles. The van der Waals surface area contributed by atoms with Gasteiger partial charge in [0.25, 0.3) is 0 Å². The number of carboxylic acids is 1. The lowest BCUT2D eigenvalue weighted by Crippen LogP contribution is -2.42. The second kappa shape index (κ2) is 5.15. The Kier molecular flexibility index (Phi) is 3.36. The largest absolute Gasteiger partial charge is 0.477 e. The quantitative estimate of drug-likeness (QED) is 0.884. The third kappa shape index (κ3) is 2.55.